The van der Waals surface area contributed by atoms with Gasteiger partial charge in [0.2, 0.25) is 0 Å². The van der Waals surface area contributed by atoms with Crippen molar-refractivity contribution < 1.29 is 0 Å². The lowest BCUT2D eigenvalue weighted by Crippen LogP contribution is -2.41. The average Bonchev–Trinajstić information content (AvgIpc) is 3.15. The van der Waals surface area contributed by atoms with Crippen molar-refractivity contribution in [1.29, 1.82) is 0 Å². The molecule has 26 heavy (non-hydrogen) atoms. The van der Waals surface area contributed by atoms with Crippen molar-refractivity contribution in [2.45, 2.75) is 30.6 Å². The fraction of sp³-hybridized carbons (Fsp3) is 0.667. The van der Waals surface area contributed by atoms with Crippen LogP contribution in [0.1, 0.15) is 25.7 Å². The molecule has 2 aliphatic heterocycles. The van der Waals surface area contributed by atoms with E-state index in [1.54, 1.807) is 0 Å². The first-order valence-electron chi connectivity index (χ1n) is 10.1. The molecule has 0 saturated carbocycles. The summed E-state index contributed by atoms with van der Waals surface area (Å²) >= 11 is 1.98. The largest absolute Gasteiger partial charge is 0.356 e. The number of guanidine groups is 1. The third-order valence-electron chi connectivity index (χ3n) is 5.70. The average molecular weight is 375 g/mol. The molecular formula is C21H34N4S. The van der Waals surface area contributed by atoms with Crippen molar-refractivity contribution in [2.75, 3.05) is 52.6 Å². The summed E-state index contributed by atoms with van der Waals surface area (Å²) in [6, 6.07) is 10.8. The second-order valence-corrected chi connectivity index (χ2v) is 8.83. The van der Waals surface area contributed by atoms with Crippen molar-refractivity contribution in [3.8, 4) is 0 Å². The van der Waals surface area contributed by atoms with Crippen molar-refractivity contribution in [2.24, 2.45) is 16.8 Å². The zero-order valence-electron chi connectivity index (χ0n) is 16.4. The van der Waals surface area contributed by atoms with Gasteiger partial charge in [0.1, 0.15) is 0 Å². The summed E-state index contributed by atoms with van der Waals surface area (Å²) in [5.41, 5.74) is 0. The Kier molecular flexibility index (Phi) is 7.69. The first-order chi connectivity index (χ1) is 12.7. The highest BCUT2D eigenvalue weighted by molar-refractivity contribution is 7.99. The van der Waals surface area contributed by atoms with E-state index in [9.17, 15) is 0 Å². The summed E-state index contributed by atoms with van der Waals surface area (Å²) in [4.78, 5) is 10.8. The molecule has 144 valence electrons. The van der Waals surface area contributed by atoms with Crippen LogP contribution >= 0.6 is 11.8 Å². The third kappa shape index (κ3) is 5.92. The van der Waals surface area contributed by atoms with E-state index < -0.39 is 0 Å². The van der Waals surface area contributed by atoms with Crippen molar-refractivity contribution in [3.05, 3.63) is 30.3 Å². The number of rotatable bonds is 6. The Labute approximate surface area is 163 Å². The maximum Gasteiger partial charge on any atom is 0.193 e. The molecule has 0 radical (unpaired) electrons. The number of hydrogen-bond donors (Lipinski definition) is 1. The SMILES string of the molecule is CN=C(NCCC1CCN(C)CC1)N1CCC(CSc2ccccc2)C1. The molecule has 0 aliphatic carbocycles. The monoisotopic (exact) mass is 374 g/mol. The second-order valence-electron chi connectivity index (χ2n) is 7.73. The van der Waals surface area contributed by atoms with Crippen molar-refractivity contribution >= 4 is 17.7 Å². The van der Waals surface area contributed by atoms with Crippen LogP contribution in [0.4, 0.5) is 0 Å². The first-order valence-corrected chi connectivity index (χ1v) is 11.0. The lowest BCUT2D eigenvalue weighted by Gasteiger charge is -2.29. The van der Waals surface area contributed by atoms with Gasteiger partial charge in [0, 0.05) is 37.3 Å². The van der Waals surface area contributed by atoms with E-state index in [2.05, 4.69) is 57.5 Å². The number of nitrogens with zero attached hydrogens (tertiary/aromatic N) is 3. The standard InChI is InChI=1S/C21H34N4S/c1-22-21(23-12-8-18-9-13-24(2)14-10-18)25-15-11-19(16-25)17-26-20-6-4-3-5-7-20/h3-7,18-19H,8-17H2,1-2H3,(H,22,23). The van der Waals surface area contributed by atoms with Gasteiger partial charge in [-0.3, -0.25) is 4.99 Å². The Morgan fingerprint density at radius 3 is 2.58 bits per heavy atom. The summed E-state index contributed by atoms with van der Waals surface area (Å²) in [7, 11) is 4.15. The molecule has 1 unspecified atom stereocenters. The third-order valence-corrected chi connectivity index (χ3v) is 6.94. The molecular weight excluding hydrogens is 340 g/mol. The van der Waals surface area contributed by atoms with Gasteiger partial charge in [0.15, 0.2) is 5.96 Å². The lowest BCUT2D eigenvalue weighted by molar-refractivity contribution is 0.212. The van der Waals surface area contributed by atoms with Crippen LogP contribution in [0.2, 0.25) is 0 Å². The molecule has 2 fully saturated rings. The molecule has 1 aromatic rings. The topological polar surface area (TPSA) is 30.9 Å². The number of hydrogen-bond acceptors (Lipinski definition) is 3. The predicted octanol–water partition coefficient (Wildman–Crippen LogP) is 3.41. The normalized spacial score (nSPS) is 22.8. The fourth-order valence-electron chi connectivity index (χ4n) is 3.96. The van der Waals surface area contributed by atoms with Gasteiger partial charge in [-0.2, -0.15) is 0 Å². The fourth-order valence-corrected chi connectivity index (χ4v) is 5.01. The van der Waals surface area contributed by atoms with Crippen molar-refractivity contribution in [3.63, 3.8) is 0 Å². The van der Waals surface area contributed by atoms with Gasteiger partial charge in [-0.1, -0.05) is 18.2 Å². The van der Waals surface area contributed by atoms with E-state index in [-0.39, 0.29) is 0 Å². The second kappa shape index (κ2) is 10.2. The molecule has 2 heterocycles. The lowest BCUT2D eigenvalue weighted by atomic mass is 9.94. The molecule has 1 N–H and O–H groups in total. The van der Waals surface area contributed by atoms with Gasteiger partial charge in [0.05, 0.1) is 0 Å². The zero-order chi connectivity index (χ0) is 18.2. The number of nitrogens with one attached hydrogen (secondary N) is 1. The summed E-state index contributed by atoms with van der Waals surface area (Å²) in [6.45, 7) is 5.83. The van der Waals surface area contributed by atoms with E-state index in [0.29, 0.717) is 0 Å². The number of benzene rings is 1. The number of likely N-dealkylation sites (tertiary alicyclic amines) is 2. The minimum atomic E-state index is 0.757. The van der Waals surface area contributed by atoms with E-state index in [1.807, 2.05) is 18.8 Å². The molecule has 1 atom stereocenters. The molecule has 2 aliphatic rings. The van der Waals surface area contributed by atoms with Crippen molar-refractivity contribution in [1.82, 2.24) is 15.1 Å². The number of aliphatic imine (C=N–C) groups is 1. The Hall–Kier alpha value is -1.20. The van der Waals surface area contributed by atoms with Gasteiger partial charge in [-0.15, -0.1) is 11.8 Å². The van der Waals surface area contributed by atoms with E-state index in [0.717, 1.165) is 37.4 Å². The molecule has 4 nitrogen and oxygen atoms in total. The summed E-state index contributed by atoms with van der Waals surface area (Å²) < 4.78 is 0. The van der Waals surface area contributed by atoms with Gasteiger partial charge in [0.25, 0.3) is 0 Å². The Bertz CT molecular complexity index is 554. The van der Waals surface area contributed by atoms with Crippen LogP contribution in [-0.4, -0.2) is 68.3 Å². The highest BCUT2D eigenvalue weighted by Crippen LogP contribution is 2.26. The predicted molar refractivity (Wildman–Crippen MR) is 113 cm³/mol. The summed E-state index contributed by atoms with van der Waals surface area (Å²) in [5, 5.41) is 3.62. The van der Waals surface area contributed by atoms with Gasteiger partial charge < -0.3 is 15.1 Å². The number of piperidine rings is 1. The Balaban J connectivity index is 1.36. The molecule has 1 aromatic carbocycles. The van der Waals surface area contributed by atoms with Crippen LogP contribution in [-0.2, 0) is 0 Å². The highest BCUT2D eigenvalue weighted by Gasteiger charge is 2.25. The molecule has 0 aromatic heterocycles. The highest BCUT2D eigenvalue weighted by atomic mass is 32.2. The maximum atomic E-state index is 4.53. The van der Waals surface area contributed by atoms with Gasteiger partial charge >= 0.3 is 0 Å². The van der Waals surface area contributed by atoms with Crippen LogP contribution in [0.3, 0.4) is 0 Å². The maximum absolute atomic E-state index is 4.53. The molecule has 0 bridgehead atoms. The molecule has 2 saturated heterocycles. The van der Waals surface area contributed by atoms with E-state index in [4.69, 9.17) is 0 Å². The molecule has 0 amide bonds. The van der Waals surface area contributed by atoms with Gasteiger partial charge in [-0.05, 0) is 69.8 Å². The zero-order valence-corrected chi connectivity index (χ0v) is 17.2. The Morgan fingerprint density at radius 2 is 1.85 bits per heavy atom. The molecule has 5 heteroatoms. The van der Waals surface area contributed by atoms with Crippen LogP contribution in [0, 0.1) is 11.8 Å². The minimum Gasteiger partial charge on any atom is -0.356 e. The minimum absolute atomic E-state index is 0.757. The van der Waals surface area contributed by atoms with Crippen LogP contribution in [0.15, 0.2) is 40.2 Å². The van der Waals surface area contributed by atoms with Crippen LogP contribution < -0.4 is 5.32 Å². The summed E-state index contributed by atoms with van der Waals surface area (Å²) in [5.74, 6) is 3.94. The summed E-state index contributed by atoms with van der Waals surface area (Å²) in [6.07, 6.45) is 5.24. The van der Waals surface area contributed by atoms with Crippen LogP contribution in [0.5, 0.6) is 0 Å². The number of thioether (sulfide) groups is 1. The smallest absolute Gasteiger partial charge is 0.193 e. The molecule has 0 spiro atoms. The molecule has 3 rings (SSSR count). The van der Waals surface area contributed by atoms with E-state index >= 15 is 0 Å². The quantitative estimate of drug-likeness (QED) is 0.470. The van der Waals surface area contributed by atoms with Crippen LogP contribution in [0.25, 0.3) is 0 Å². The first kappa shape index (κ1) is 19.6. The Morgan fingerprint density at radius 1 is 1.12 bits per heavy atom. The van der Waals surface area contributed by atoms with E-state index in [1.165, 1.54) is 49.4 Å². The van der Waals surface area contributed by atoms with Gasteiger partial charge in [-0.25, -0.2) is 0 Å².